The number of nitrogens with one attached hydrogen (secondary N) is 1. The fraction of sp³-hybridized carbons (Fsp3) is 0.818. The lowest BCUT2D eigenvalue weighted by Crippen LogP contribution is -2.66. The highest BCUT2D eigenvalue weighted by Gasteiger charge is 2.63. The molecule has 0 bridgehead atoms. The van der Waals surface area contributed by atoms with E-state index in [0.29, 0.717) is 13.0 Å². The summed E-state index contributed by atoms with van der Waals surface area (Å²) in [7, 11) is 0. The SMILES string of the molecule is O=C1CCN(C2OC(CO)[C@@H](O)[C@]23CCO3)C(=O)N1. The molecule has 2 unspecified atom stereocenters. The van der Waals surface area contributed by atoms with E-state index >= 15 is 0 Å². The first kappa shape index (κ1) is 12.8. The molecule has 3 aliphatic heterocycles. The molecule has 19 heavy (non-hydrogen) atoms. The van der Waals surface area contributed by atoms with Crippen molar-refractivity contribution < 1.29 is 29.3 Å². The molecule has 3 amide bonds. The van der Waals surface area contributed by atoms with Crippen LogP contribution in [0, 0.1) is 0 Å². The molecular formula is C11H16N2O6. The summed E-state index contributed by atoms with van der Waals surface area (Å²) in [6.07, 6.45) is -1.81. The van der Waals surface area contributed by atoms with Gasteiger partial charge in [-0.2, -0.15) is 0 Å². The third-order valence-electron chi connectivity index (χ3n) is 3.99. The van der Waals surface area contributed by atoms with Crippen LogP contribution in [-0.4, -0.2) is 70.8 Å². The Labute approximate surface area is 109 Å². The van der Waals surface area contributed by atoms with Crippen LogP contribution in [0.5, 0.6) is 0 Å². The number of nitrogens with zero attached hydrogens (tertiary/aromatic N) is 1. The molecule has 8 nitrogen and oxygen atoms in total. The lowest BCUT2D eigenvalue weighted by atomic mass is 9.86. The lowest BCUT2D eigenvalue weighted by Gasteiger charge is -2.47. The van der Waals surface area contributed by atoms with Crippen LogP contribution >= 0.6 is 0 Å². The number of carbonyl (C=O) groups is 2. The van der Waals surface area contributed by atoms with Gasteiger partial charge in [0.2, 0.25) is 5.91 Å². The summed E-state index contributed by atoms with van der Waals surface area (Å²) in [6, 6.07) is -0.554. The Morgan fingerprint density at radius 2 is 2.21 bits per heavy atom. The van der Waals surface area contributed by atoms with E-state index in [1.807, 2.05) is 0 Å². The standard InChI is InChI=1S/C11H16N2O6/c14-5-6-8(16)11(2-4-18-11)9(19-6)13-3-1-7(15)12-10(13)17/h6,8-9,14,16H,1-5H2,(H,12,15,17)/t6?,8-,9?,11-/m1/s1. The average Bonchev–Trinajstić information content (AvgIpc) is 2.62. The molecule has 3 heterocycles. The van der Waals surface area contributed by atoms with Gasteiger partial charge in [0, 0.05) is 19.4 Å². The van der Waals surface area contributed by atoms with Crippen molar-refractivity contribution in [2.75, 3.05) is 19.8 Å². The summed E-state index contributed by atoms with van der Waals surface area (Å²) < 4.78 is 11.0. The van der Waals surface area contributed by atoms with Crippen LogP contribution in [0.15, 0.2) is 0 Å². The van der Waals surface area contributed by atoms with Gasteiger partial charge in [0.1, 0.15) is 17.8 Å². The number of aliphatic hydroxyl groups is 2. The molecule has 0 radical (unpaired) electrons. The van der Waals surface area contributed by atoms with Crippen molar-refractivity contribution in [1.82, 2.24) is 10.2 Å². The Morgan fingerprint density at radius 3 is 2.74 bits per heavy atom. The molecule has 4 atom stereocenters. The van der Waals surface area contributed by atoms with Crippen molar-refractivity contribution in [2.45, 2.75) is 36.9 Å². The van der Waals surface area contributed by atoms with Crippen molar-refractivity contribution in [3.63, 3.8) is 0 Å². The minimum Gasteiger partial charge on any atom is -0.394 e. The first-order valence-corrected chi connectivity index (χ1v) is 6.27. The van der Waals surface area contributed by atoms with Gasteiger partial charge in [-0.1, -0.05) is 0 Å². The zero-order valence-corrected chi connectivity index (χ0v) is 10.2. The third kappa shape index (κ3) is 1.75. The highest BCUT2D eigenvalue weighted by Crippen LogP contribution is 2.44. The van der Waals surface area contributed by atoms with Crippen molar-refractivity contribution >= 4 is 11.9 Å². The van der Waals surface area contributed by atoms with Gasteiger partial charge in [-0.05, 0) is 0 Å². The molecule has 8 heteroatoms. The fourth-order valence-electron chi connectivity index (χ4n) is 2.86. The molecule has 0 aromatic carbocycles. The maximum absolute atomic E-state index is 11.8. The first-order chi connectivity index (χ1) is 9.08. The monoisotopic (exact) mass is 272 g/mol. The Morgan fingerprint density at radius 1 is 1.47 bits per heavy atom. The minimum atomic E-state index is -0.985. The maximum Gasteiger partial charge on any atom is 0.326 e. The summed E-state index contributed by atoms with van der Waals surface area (Å²) in [5.74, 6) is -0.331. The normalized spacial score (nSPS) is 42.4. The molecule has 106 valence electrons. The number of hydrogen-bond donors (Lipinski definition) is 3. The predicted octanol–water partition coefficient (Wildman–Crippen LogP) is -1.83. The summed E-state index contributed by atoms with van der Waals surface area (Å²) >= 11 is 0. The van der Waals surface area contributed by atoms with Crippen LogP contribution in [0.3, 0.4) is 0 Å². The summed E-state index contributed by atoms with van der Waals surface area (Å²) in [5, 5.41) is 21.6. The number of carbonyl (C=O) groups excluding carboxylic acids is 2. The quantitative estimate of drug-likeness (QED) is 0.545. The second kappa shape index (κ2) is 4.41. The van der Waals surface area contributed by atoms with Gasteiger partial charge in [0.25, 0.3) is 0 Å². The van der Waals surface area contributed by atoms with Crippen LogP contribution in [0.25, 0.3) is 0 Å². The van der Waals surface area contributed by atoms with Gasteiger partial charge < -0.3 is 19.7 Å². The van der Waals surface area contributed by atoms with E-state index in [4.69, 9.17) is 9.47 Å². The Balaban J connectivity index is 1.83. The van der Waals surface area contributed by atoms with E-state index in [-0.39, 0.29) is 25.5 Å². The fourth-order valence-corrected chi connectivity index (χ4v) is 2.86. The van der Waals surface area contributed by atoms with Gasteiger partial charge in [0.15, 0.2) is 6.23 Å². The van der Waals surface area contributed by atoms with E-state index in [2.05, 4.69) is 5.32 Å². The van der Waals surface area contributed by atoms with E-state index in [1.165, 1.54) is 4.90 Å². The molecule has 0 aromatic rings. The molecule has 1 spiro atoms. The first-order valence-electron chi connectivity index (χ1n) is 6.27. The highest BCUT2D eigenvalue weighted by molar-refractivity contribution is 5.96. The summed E-state index contributed by atoms with van der Waals surface area (Å²) in [5.41, 5.74) is -0.981. The Hall–Kier alpha value is -1.22. The zero-order valence-electron chi connectivity index (χ0n) is 10.2. The maximum atomic E-state index is 11.8. The number of urea groups is 1. The third-order valence-corrected chi connectivity index (χ3v) is 3.99. The summed E-state index contributed by atoms with van der Waals surface area (Å²) in [4.78, 5) is 24.3. The van der Waals surface area contributed by atoms with E-state index in [0.717, 1.165) is 0 Å². The number of amides is 3. The lowest BCUT2D eigenvalue weighted by molar-refractivity contribution is -0.232. The Bertz CT molecular complexity index is 410. The largest absolute Gasteiger partial charge is 0.394 e. The smallest absolute Gasteiger partial charge is 0.326 e. The number of rotatable bonds is 2. The molecule has 3 rings (SSSR count). The molecule has 3 saturated heterocycles. The summed E-state index contributed by atoms with van der Waals surface area (Å²) in [6.45, 7) is 0.339. The molecule has 0 aromatic heterocycles. The van der Waals surface area contributed by atoms with Gasteiger partial charge >= 0.3 is 6.03 Å². The van der Waals surface area contributed by atoms with Crippen LogP contribution < -0.4 is 5.32 Å². The second-order valence-corrected chi connectivity index (χ2v) is 5.00. The second-order valence-electron chi connectivity index (χ2n) is 5.00. The van der Waals surface area contributed by atoms with Gasteiger partial charge in [-0.3, -0.25) is 15.0 Å². The molecule has 3 N–H and O–H groups in total. The van der Waals surface area contributed by atoms with E-state index in [9.17, 15) is 19.8 Å². The van der Waals surface area contributed by atoms with Gasteiger partial charge in [0.05, 0.1) is 13.2 Å². The predicted molar refractivity (Wildman–Crippen MR) is 59.9 cm³/mol. The number of imide groups is 1. The molecule has 3 aliphatic rings. The molecule has 0 aliphatic carbocycles. The highest BCUT2D eigenvalue weighted by atomic mass is 16.6. The van der Waals surface area contributed by atoms with Gasteiger partial charge in [-0.25, -0.2) is 4.79 Å². The average molecular weight is 272 g/mol. The van der Waals surface area contributed by atoms with Crippen LogP contribution in [0.2, 0.25) is 0 Å². The molecule has 0 saturated carbocycles. The molecular weight excluding hydrogens is 256 g/mol. The Kier molecular flexibility index (Phi) is 2.97. The van der Waals surface area contributed by atoms with Crippen molar-refractivity contribution in [3.8, 4) is 0 Å². The minimum absolute atomic E-state index is 0.182. The van der Waals surface area contributed by atoms with Crippen LogP contribution in [-0.2, 0) is 14.3 Å². The van der Waals surface area contributed by atoms with Crippen molar-refractivity contribution in [1.29, 1.82) is 0 Å². The van der Waals surface area contributed by atoms with E-state index < -0.39 is 30.1 Å². The van der Waals surface area contributed by atoms with E-state index in [1.54, 1.807) is 0 Å². The zero-order chi connectivity index (χ0) is 13.6. The van der Waals surface area contributed by atoms with Crippen molar-refractivity contribution in [3.05, 3.63) is 0 Å². The van der Waals surface area contributed by atoms with Crippen LogP contribution in [0.4, 0.5) is 4.79 Å². The van der Waals surface area contributed by atoms with Crippen molar-refractivity contribution in [2.24, 2.45) is 0 Å². The topological polar surface area (TPSA) is 108 Å². The number of aliphatic hydroxyl groups excluding tert-OH is 2. The van der Waals surface area contributed by atoms with Crippen LogP contribution in [0.1, 0.15) is 12.8 Å². The molecule has 3 fully saturated rings. The number of ether oxygens (including phenoxy) is 2. The van der Waals surface area contributed by atoms with Gasteiger partial charge in [-0.15, -0.1) is 0 Å². The number of hydrogen-bond acceptors (Lipinski definition) is 6.